The molecule has 2 amide bonds. The van der Waals surface area contributed by atoms with Crippen molar-refractivity contribution < 1.29 is 27.1 Å². The van der Waals surface area contributed by atoms with Gasteiger partial charge in [0.25, 0.3) is 0 Å². The first-order chi connectivity index (χ1) is 22.7. The monoisotopic (exact) mass is 657 g/mol. The Morgan fingerprint density at radius 3 is 2.09 bits per heavy atom. The van der Waals surface area contributed by atoms with Crippen LogP contribution >= 0.6 is 0 Å². The molecule has 4 aromatic rings. The van der Waals surface area contributed by atoms with Crippen LogP contribution in [-0.2, 0) is 45.5 Å². The smallest absolute Gasteiger partial charge is 0.243 e. The van der Waals surface area contributed by atoms with Crippen LogP contribution in [0.3, 0.4) is 0 Å². The molecule has 0 aliphatic carbocycles. The molecule has 0 saturated carbocycles. The van der Waals surface area contributed by atoms with Crippen molar-refractivity contribution in [1.29, 1.82) is 0 Å². The van der Waals surface area contributed by atoms with E-state index in [9.17, 15) is 22.4 Å². The lowest BCUT2D eigenvalue weighted by Crippen LogP contribution is -2.50. The summed E-state index contributed by atoms with van der Waals surface area (Å²) in [6.45, 7) is 1.43. The lowest BCUT2D eigenvalue weighted by atomic mass is 10.0. The molecule has 5 rings (SSSR count). The van der Waals surface area contributed by atoms with Gasteiger partial charge in [0.1, 0.15) is 17.6 Å². The molecule has 47 heavy (non-hydrogen) atoms. The predicted octanol–water partition coefficient (Wildman–Crippen LogP) is 5.51. The molecule has 246 valence electrons. The van der Waals surface area contributed by atoms with E-state index < -0.39 is 16.1 Å². The number of hydrogen-bond acceptors (Lipinski definition) is 5. The number of sulfonamides is 1. The third-order valence-electron chi connectivity index (χ3n) is 8.42. The summed E-state index contributed by atoms with van der Waals surface area (Å²) in [5.41, 5.74) is 3.27. The van der Waals surface area contributed by atoms with Crippen LogP contribution in [0.5, 0.6) is 5.75 Å². The average molecular weight is 658 g/mol. The van der Waals surface area contributed by atoms with Crippen LogP contribution in [0.15, 0.2) is 108 Å². The van der Waals surface area contributed by atoms with Crippen molar-refractivity contribution in [3.05, 3.63) is 131 Å². The fraction of sp³-hybridized carbons (Fsp3) is 0.297. The van der Waals surface area contributed by atoms with Crippen molar-refractivity contribution in [2.45, 2.75) is 56.1 Å². The van der Waals surface area contributed by atoms with Crippen LogP contribution in [-0.4, -0.2) is 55.7 Å². The Morgan fingerprint density at radius 1 is 0.830 bits per heavy atom. The number of aryl methyl sites for hydroxylation is 1. The molecule has 1 N–H and O–H groups in total. The number of methoxy groups -OCH3 is 1. The Labute approximate surface area is 276 Å². The van der Waals surface area contributed by atoms with E-state index in [0.29, 0.717) is 30.8 Å². The van der Waals surface area contributed by atoms with Gasteiger partial charge in [0.2, 0.25) is 21.8 Å². The lowest BCUT2D eigenvalue weighted by Gasteiger charge is -2.32. The molecule has 1 aliphatic rings. The summed E-state index contributed by atoms with van der Waals surface area (Å²) in [6, 6.07) is 28.6. The molecular weight excluding hydrogens is 617 g/mol. The number of nitrogens with zero attached hydrogens (tertiary/aromatic N) is 2. The third kappa shape index (κ3) is 9.05. The second-order valence-electron chi connectivity index (χ2n) is 11.7. The zero-order valence-electron chi connectivity index (χ0n) is 26.5. The van der Waals surface area contributed by atoms with E-state index in [2.05, 4.69) is 5.32 Å². The van der Waals surface area contributed by atoms with Gasteiger partial charge in [0, 0.05) is 39.0 Å². The Kier molecular flexibility index (Phi) is 11.4. The number of rotatable bonds is 14. The quantitative estimate of drug-likeness (QED) is 0.193. The van der Waals surface area contributed by atoms with Crippen LogP contribution < -0.4 is 10.1 Å². The van der Waals surface area contributed by atoms with Crippen LogP contribution in [0.1, 0.15) is 41.5 Å². The lowest BCUT2D eigenvalue weighted by molar-refractivity contribution is -0.141. The Bertz CT molecular complexity index is 1730. The Morgan fingerprint density at radius 2 is 1.45 bits per heavy atom. The van der Waals surface area contributed by atoms with Crippen molar-refractivity contribution in [2.24, 2.45) is 0 Å². The molecule has 10 heteroatoms. The van der Waals surface area contributed by atoms with Crippen LogP contribution in [0.25, 0.3) is 0 Å². The molecule has 1 unspecified atom stereocenters. The van der Waals surface area contributed by atoms with Crippen molar-refractivity contribution >= 4 is 21.8 Å². The second-order valence-corrected chi connectivity index (χ2v) is 13.6. The van der Waals surface area contributed by atoms with Crippen molar-refractivity contribution in [2.75, 3.05) is 20.2 Å². The van der Waals surface area contributed by atoms with Gasteiger partial charge in [-0.2, -0.15) is 4.31 Å². The molecule has 0 spiro atoms. The van der Waals surface area contributed by atoms with Gasteiger partial charge in [-0.3, -0.25) is 9.59 Å². The van der Waals surface area contributed by atoms with Crippen LogP contribution in [0, 0.1) is 5.82 Å². The van der Waals surface area contributed by atoms with E-state index >= 15 is 0 Å². The van der Waals surface area contributed by atoms with E-state index in [1.807, 2.05) is 54.6 Å². The Hall–Kier alpha value is -4.54. The number of halogens is 1. The van der Waals surface area contributed by atoms with Crippen LogP contribution in [0.2, 0.25) is 0 Å². The summed E-state index contributed by atoms with van der Waals surface area (Å²) in [5, 5.41) is 3.01. The number of hydrogen-bond donors (Lipinski definition) is 1. The van der Waals surface area contributed by atoms with Gasteiger partial charge in [-0.1, -0.05) is 66.7 Å². The molecule has 0 aromatic heterocycles. The van der Waals surface area contributed by atoms with Crippen LogP contribution in [0.4, 0.5) is 4.39 Å². The highest BCUT2D eigenvalue weighted by Crippen LogP contribution is 2.22. The molecule has 0 radical (unpaired) electrons. The Balaban J connectivity index is 1.36. The van der Waals surface area contributed by atoms with E-state index in [-0.39, 0.29) is 48.5 Å². The van der Waals surface area contributed by atoms with Gasteiger partial charge in [0.05, 0.1) is 12.0 Å². The first-order valence-corrected chi connectivity index (χ1v) is 17.2. The highest BCUT2D eigenvalue weighted by molar-refractivity contribution is 7.89. The highest BCUT2D eigenvalue weighted by atomic mass is 32.2. The first-order valence-electron chi connectivity index (χ1n) is 15.8. The molecule has 8 nitrogen and oxygen atoms in total. The maximum absolute atomic E-state index is 14.0. The maximum Gasteiger partial charge on any atom is 0.243 e. The standard InChI is InChI=1S/C37H40FN3O5S/c1-46-33-18-11-30(12-19-33)26-39-37(43)35(25-29-7-3-2-4-8-29)41(27-31-9-16-32(38)17-10-31)36(42)22-15-28-13-20-34(21-14-28)47(44,45)40-23-5-6-24-40/h2-4,7-14,16-21,35H,5-6,15,22-27H2,1H3,(H,39,43). The third-order valence-corrected chi connectivity index (χ3v) is 10.3. The SMILES string of the molecule is COc1ccc(CNC(=O)C(Cc2ccccc2)N(Cc2ccc(F)cc2)C(=O)CCc2ccc(S(=O)(=O)N3CCCC3)cc2)cc1. The van der Waals surface area contributed by atoms with Crippen molar-refractivity contribution in [3.8, 4) is 5.75 Å². The normalized spacial score (nSPS) is 14.0. The summed E-state index contributed by atoms with van der Waals surface area (Å²) in [6.07, 6.45) is 2.45. The molecule has 1 aliphatic heterocycles. The number of ether oxygens (including phenoxy) is 1. The minimum absolute atomic E-state index is 0.0937. The van der Waals surface area contributed by atoms with Crippen molar-refractivity contribution in [3.63, 3.8) is 0 Å². The summed E-state index contributed by atoms with van der Waals surface area (Å²) >= 11 is 0. The molecule has 4 aromatic carbocycles. The zero-order valence-corrected chi connectivity index (χ0v) is 27.3. The van der Waals surface area contributed by atoms with Gasteiger partial charge < -0.3 is 15.0 Å². The fourth-order valence-corrected chi connectivity index (χ4v) is 7.21. The van der Waals surface area contributed by atoms with Gasteiger partial charge in [0.15, 0.2) is 0 Å². The number of carbonyl (C=O) groups excluding carboxylic acids is 2. The number of nitrogens with one attached hydrogen (secondary N) is 1. The molecule has 1 fully saturated rings. The van der Waals surface area contributed by atoms with Gasteiger partial charge >= 0.3 is 0 Å². The first kappa shape index (κ1) is 33.8. The number of carbonyl (C=O) groups is 2. The zero-order chi connectivity index (χ0) is 33.2. The minimum Gasteiger partial charge on any atom is -0.497 e. The second kappa shape index (κ2) is 15.8. The largest absolute Gasteiger partial charge is 0.497 e. The summed E-state index contributed by atoms with van der Waals surface area (Å²) in [4.78, 5) is 29.7. The highest BCUT2D eigenvalue weighted by Gasteiger charge is 2.31. The maximum atomic E-state index is 14.0. The fourth-order valence-electron chi connectivity index (χ4n) is 5.69. The van der Waals surface area contributed by atoms with Gasteiger partial charge in [-0.05, 0) is 77.9 Å². The molecular formula is C37H40FN3O5S. The topological polar surface area (TPSA) is 96.0 Å². The van der Waals surface area contributed by atoms with E-state index in [4.69, 9.17) is 4.74 Å². The number of amides is 2. The van der Waals surface area contributed by atoms with Gasteiger partial charge in [-0.15, -0.1) is 0 Å². The molecule has 1 heterocycles. The summed E-state index contributed by atoms with van der Waals surface area (Å²) in [7, 11) is -1.95. The molecule has 1 atom stereocenters. The molecule has 0 bridgehead atoms. The summed E-state index contributed by atoms with van der Waals surface area (Å²) < 4.78 is 46.4. The van der Waals surface area contributed by atoms with E-state index in [1.54, 1.807) is 48.4 Å². The van der Waals surface area contributed by atoms with Crippen molar-refractivity contribution in [1.82, 2.24) is 14.5 Å². The average Bonchev–Trinajstić information content (AvgIpc) is 3.66. The number of benzene rings is 4. The minimum atomic E-state index is -3.54. The summed E-state index contributed by atoms with van der Waals surface area (Å²) in [5.74, 6) is -0.235. The van der Waals surface area contributed by atoms with Gasteiger partial charge in [-0.25, -0.2) is 12.8 Å². The van der Waals surface area contributed by atoms with E-state index in [0.717, 1.165) is 29.5 Å². The molecule has 1 saturated heterocycles. The van der Waals surface area contributed by atoms with E-state index in [1.165, 1.54) is 16.4 Å². The predicted molar refractivity (Wildman–Crippen MR) is 178 cm³/mol.